The standard InChI is InChI=1S/C19H18N2O4/c22-18(16-3-1-2-4-17(16)19(23)24)21-13-5-7-14(8-6-13)25-15-9-11-20-12-10-15/h1-2,5-12,16-17H,3-4H2,(H,21,22)(H,23,24). The van der Waals surface area contributed by atoms with Crippen LogP contribution in [0.1, 0.15) is 12.8 Å². The molecule has 1 aliphatic carbocycles. The lowest BCUT2D eigenvalue weighted by Gasteiger charge is -2.24. The predicted octanol–water partition coefficient (Wildman–Crippen LogP) is 3.48. The van der Waals surface area contributed by atoms with Crippen LogP contribution in [0.4, 0.5) is 5.69 Å². The van der Waals surface area contributed by atoms with E-state index in [-0.39, 0.29) is 5.91 Å². The van der Waals surface area contributed by atoms with Gasteiger partial charge in [0.15, 0.2) is 0 Å². The maximum absolute atomic E-state index is 12.4. The predicted molar refractivity (Wildman–Crippen MR) is 92.4 cm³/mol. The minimum absolute atomic E-state index is 0.278. The summed E-state index contributed by atoms with van der Waals surface area (Å²) >= 11 is 0. The Labute approximate surface area is 145 Å². The van der Waals surface area contributed by atoms with Gasteiger partial charge in [-0.1, -0.05) is 12.2 Å². The summed E-state index contributed by atoms with van der Waals surface area (Å²) in [5, 5.41) is 12.1. The zero-order chi connectivity index (χ0) is 17.6. The van der Waals surface area contributed by atoms with Crippen LogP contribution in [-0.4, -0.2) is 22.0 Å². The van der Waals surface area contributed by atoms with Crippen molar-refractivity contribution in [2.24, 2.45) is 11.8 Å². The number of allylic oxidation sites excluding steroid dienone is 2. The lowest BCUT2D eigenvalue weighted by Crippen LogP contribution is -2.34. The van der Waals surface area contributed by atoms with Crippen LogP contribution in [0.2, 0.25) is 0 Å². The molecule has 25 heavy (non-hydrogen) atoms. The van der Waals surface area contributed by atoms with Crippen LogP contribution in [0.5, 0.6) is 11.5 Å². The van der Waals surface area contributed by atoms with Crippen molar-refractivity contribution in [2.45, 2.75) is 12.8 Å². The fourth-order valence-corrected chi connectivity index (χ4v) is 2.76. The first-order chi connectivity index (χ1) is 12.1. The molecule has 3 rings (SSSR count). The summed E-state index contributed by atoms with van der Waals surface area (Å²) < 4.78 is 5.66. The van der Waals surface area contributed by atoms with E-state index in [2.05, 4.69) is 10.3 Å². The number of anilines is 1. The van der Waals surface area contributed by atoms with Crippen LogP contribution < -0.4 is 10.1 Å². The normalized spacial score (nSPS) is 19.2. The SMILES string of the molecule is O=C(O)C1CC=CCC1C(=O)Nc1ccc(Oc2ccncc2)cc1. The summed E-state index contributed by atoms with van der Waals surface area (Å²) in [5.74, 6) is -1.15. The molecule has 1 aliphatic rings. The van der Waals surface area contributed by atoms with Gasteiger partial charge in [-0.2, -0.15) is 0 Å². The lowest BCUT2D eigenvalue weighted by molar-refractivity contribution is -0.146. The molecule has 0 saturated heterocycles. The summed E-state index contributed by atoms with van der Waals surface area (Å²) in [6, 6.07) is 10.4. The molecular formula is C19H18N2O4. The Morgan fingerprint density at radius 3 is 2.20 bits per heavy atom. The minimum atomic E-state index is -0.939. The fraction of sp³-hybridized carbons (Fsp3) is 0.211. The molecule has 6 heteroatoms. The van der Waals surface area contributed by atoms with Gasteiger partial charge < -0.3 is 15.2 Å². The summed E-state index contributed by atoms with van der Waals surface area (Å²) in [6.45, 7) is 0. The number of aliphatic carboxylic acids is 1. The first kappa shape index (κ1) is 16.7. The number of ether oxygens (including phenoxy) is 1. The van der Waals surface area contributed by atoms with Gasteiger partial charge in [0.1, 0.15) is 11.5 Å². The number of hydrogen-bond acceptors (Lipinski definition) is 4. The van der Waals surface area contributed by atoms with E-state index < -0.39 is 17.8 Å². The van der Waals surface area contributed by atoms with Crippen LogP contribution in [-0.2, 0) is 9.59 Å². The Morgan fingerprint density at radius 1 is 0.960 bits per heavy atom. The molecule has 0 bridgehead atoms. The van der Waals surface area contributed by atoms with Gasteiger partial charge in [0, 0.05) is 18.1 Å². The van der Waals surface area contributed by atoms with E-state index in [4.69, 9.17) is 4.74 Å². The number of carbonyl (C=O) groups excluding carboxylic acids is 1. The molecule has 0 fully saturated rings. The Balaban J connectivity index is 1.63. The molecule has 128 valence electrons. The number of benzene rings is 1. The number of pyridine rings is 1. The van der Waals surface area contributed by atoms with Crippen LogP contribution >= 0.6 is 0 Å². The number of aromatic nitrogens is 1. The van der Waals surface area contributed by atoms with E-state index in [1.807, 2.05) is 12.2 Å². The molecule has 2 unspecified atom stereocenters. The summed E-state index contributed by atoms with van der Waals surface area (Å²) in [4.78, 5) is 27.6. The van der Waals surface area contributed by atoms with E-state index in [0.717, 1.165) is 0 Å². The van der Waals surface area contributed by atoms with Crippen LogP contribution in [0, 0.1) is 11.8 Å². The van der Waals surface area contributed by atoms with Crippen molar-refractivity contribution in [3.63, 3.8) is 0 Å². The monoisotopic (exact) mass is 338 g/mol. The van der Waals surface area contributed by atoms with Gasteiger partial charge in [0.2, 0.25) is 5.91 Å². The molecule has 0 aliphatic heterocycles. The molecule has 1 amide bonds. The Kier molecular flexibility index (Phi) is 5.09. The molecule has 0 radical (unpaired) electrons. The highest BCUT2D eigenvalue weighted by atomic mass is 16.5. The molecule has 1 heterocycles. The van der Waals surface area contributed by atoms with Gasteiger partial charge in [0.05, 0.1) is 11.8 Å². The lowest BCUT2D eigenvalue weighted by atomic mass is 9.82. The Bertz CT molecular complexity index is 772. The number of rotatable bonds is 5. The van der Waals surface area contributed by atoms with Gasteiger partial charge >= 0.3 is 5.97 Å². The fourth-order valence-electron chi connectivity index (χ4n) is 2.76. The van der Waals surface area contributed by atoms with Crippen LogP contribution in [0.25, 0.3) is 0 Å². The van der Waals surface area contributed by atoms with Crippen molar-refractivity contribution >= 4 is 17.6 Å². The van der Waals surface area contributed by atoms with Crippen molar-refractivity contribution in [1.29, 1.82) is 0 Å². The number of hydrogen-bond donors (Lipinski definition) is 2. The summed E-state index contributed by atoms with van der Waals surface area (Å²) in [7, 11) is 0. The van der Waals surface area contributed by atoms with Crippen molar-refractivity contribution in [1.82, 2.24) is 4.98 Å². The van der Waals surface area contributed by atoms with Gasteiger partial charge in [-0.3, -0.25) is 14.6 Å². The average Bonchev–Trinajstić information content (AvgIpc) is 2.64. The third-order valence-corrected chi connectivity index (χ3v) is 4.09. The molecule has 1 aromatic carbocycles. The quantitative estimate of drug-likeness (QED) is 0.815. The summed E-state index contributed by atoms with van der Waals surface area (Å²) in [6.07, 6.45) is 7.77. The first-order valence-corrected chi connectivity index (χ1v) is 8.00. The van der Waals surface area contributed by atoms with Crippen molar-refractivity contribution in [3.8, 4) is 11.5 Å². The van der Waals surface area contributed by atoms with Crippen molar-refractivity contribution < 1.29 is 19.4 Å². The second-order valence-corrected chi connectivity index (χ2v) is 5.79. The van der Waals surface area contributed by atoms with E-state index >= 15 is 0 Å². The Hall–Kier alpha value is -3.15. The average molecular weight is 338 g/mol. The zero-order valence-corrected chi connectivity index (χ0v) is 13.5. The highest BCUT2D eigenvalue weighted by Gasteiger charge is 2.33. The molecule has 2 aromatic rings. The van der Waals surface area contributed by atoms with Crippen molar-refractivity contribution in [2.75, 3.05) is 5.32 Å². The summed E-state index contributed by atoms with van der Waals surface area (Å²) in [5.41, 5.74) is 0.603. The topological polar surface area (TPSA) is 88.5 Å². The zero-order valence-electron chi connectivity index (χ0n) is 13.5. The molecule has 1 aromatic heterocycles. The van der Waals surface area contributed by atoms with Crippen molar-refractivity contribution in [3.05, 3.63) is 60.9 Å². The third-order valence-electron chi connectivity index (χ3n) is 4.09. The number of carboxylic acids is 1. The number of nitrogens with one attached hydrogen (secondary N) is 1. The highest BCUT2D eigenvalue weighted by Crippen LogP contribution is 2.28. The number of carbonyl (C=O) groups is 2. The number of nitrogens with zero attached hydrogens (tertiary/aromatic N) is 1. The second-order valence-electron chi connectivity index (χ2n) is 5.79. The maximum atomic E-state index is 12.4. The van der Waals surface area contributed by atoms with E-state index in [1.165, 1.54) is 0 Å². The molecule has 2 atom stereocenters. The van der Waals surface area contributed by atoms with Gasteiger partial charge in [0.25, 0.3) is 0 Å². The third kappa shape index (κ3) is 4.23. The highest BCUT2D eigenvalue weighted by molar-refractivity contribution is 5.95. The van der Waals surface area contributed by atoms with E-state index in [1.54, 1.807) is 48.8 Å². The molecular weight excluding hydrogens is 320 g/mol. The molecule has 0 saturated carbocycles. The smallest absolute Gasteiger partial charge is 0.307 e. The van der Waals surface area contributed by atoms with Gasteiger partial charge in [-0.15, -0.1) is 0 Å². The number of amides is 1. The molecule has 0 spiro atoms. The maximum Gasteiger partial charge on any atom is 0.307 e. The molecule has 6 nitrogen and oxygen atoms in total. The van der Waals surface area contributed by atoms with Gasteiger partial charge in [-0.25, -0.2) is 0 Å². The second kappa shape index (κ2) is 7.61. The van der Waals surface area contributed by atoms with Gasteiger partial charge in [-0.05, 0) is 49.2 Å². The Morgan fingerprint density at radius 2 is 1.56 bits per heavy atom. The first-order valence-electron chi connectivity index (χ1n) is 8.00. The molecule has 2 N–H and O–H groups in total. The largest absolute Gasteiger partial charge is 0.481 e. The van der Waals surface area contributed by atoms with Crippen LogP contribution in [0.3, 0.4) is 0 Å². The van der Waals surface area contributed by atoms with Crippen LogP contribution in [0.15, 0.2) is 60.9 Å². The minimum Gasteiger partial charge on any atom is -0.481 e. The van der Waals surface area contributed by atoms with E-state index in [0.29, 0.717) is 30.0 Å². The number of carboxylic acid groups (broad SMARTS) is 1. The van der Waals surface area contributed by atoms with E-state index in [9.17, 15) is 14.7 Å².